The van der Waals surface area contributed by atoms with Gasteiger partial charge in [-0.15, -0.1) is 0 Å². The maximum atomic E-state index is 13.2. The highest BCUT2D eigenvalue weighted by Crippen LogP contribution is 2.31. The fourth-order valence-corrected chi connectivity index (χ4v) is 4.76. The normalized spacial score (nSPS) is 19.2. The number of piperazine rings is 1. The molecule has 0 aromatic heterocycles. The Balaban J connectivity index is 1.58. The van der Waals surface area contributed by atoms with Crippen LogP contribution in [0, 0.1) is 5.92 Å². The van der Waals surface area contributed by atoms with E-state index in [9.17, 15) is 9.59 Å². The first-order valence-corrected chi connectivity index (χ1v) is 11.1. The van der Waals surface area contributed by atoms with Gasteiger partial charge >= 0.3 is 0 Å². The molecule has 1 atom stereocenters. The Kier molecular flexibility index (Phi) is 7.92. The topological polar surface area (TPSA) is 61.9 Å². The molecule has 0 bridgehead atoms. The van der Waals surface area contributed by atoms with Gasteiger partial charge in [0, 0.05) is 39.1 Å². The first kappa shape index (κ1) is 21.6. The summed E-state index contributed by atoms with van der Waals surface area (Å²) in [5, 5.41) is 3.19. The molecule has 1 saturated carbocycles. The fourth-order valence-electron chi connectivity index (χ4n) is 4.76. The summed E-state index contributed by atoms with van der Waals surface area (Å²) in [5.74, 6) is 1.64. The van der Waals surface area contributed by atoms with E-state index in [1.807, 2.05) is 36.1 Å². The minimum Gasteiger partial charge on any atom is -0.496 e. The number of benzene rings is 1. The van der Waals surface area contributed by atoms with Crippen molar-refractivity contribution in [2.75, 3.05) is 39.8 Å². The predicted octanol–water partition coefficient (Wildman–Crippen LogP) is 2.47. The van der Waals surface area contributed by atoms with Crippen LogP contribution in [0.25, 0.3) is 0 Å². The van der Waals surface area contributed by atoms with Gasteiger partial charge < -0.3 is 15.0 Å². The minimum absolute atomic E-state index is 0.0750. The number of amides is 2. The Labute approximate surface area is 174 Å². The van der Waals surface area contributed by atoms with E-state index in [0.29, 0.717) is 18.9 Å². The highest BCUT2D eigenvalue weighted by molar-refractivity contribution is 5.82. The predicted molar refractivity (Wildman–Crippen MR) is 114 cm³/mol. The highest BCUT2D eigenvalue weighted by Gasteiger charge is 2.37. The van der Waals surface area contributed by atoms with E-state index < -0.39 is 0 Å². The van der Waals surface area contributed by atoms with Crippen LogP contribution in [0.4, 0.5) is 0 Å². The summed E-state index contributed by atoms with van der Waals surface area (Å²) in [6.07, 6.45) is 5.98. The number of nitrogens with zero attached hydrogens (tertiary/aromatic N) is 2. The molecule has 1 aromatic rings. The molecule has 1 N–H and O–H groups in total. The summed E-state index contributed by atoms with van der Waals surface area (Å²) in [5.41, 5.74) is 1.11. The average molecular weight is 402 g/mol. The summed E-state index contributed by atoms with van der Waals surface area (Å²) in [6, 6.07) is 7.88. The van der Waals surface area contributed by atoms with Crippen LogP contribution in [0.2, 0.25) is 0 Å². The number of carbonyl (C=O) groups is 2. The van der Waals surface area contributed by atoms with Crippen LogP contribution in [0.1, 0.15) is 44.6 Å². The maximum absolute atomic E-state index is 13.2. The lowest BCUT2D eigenvalue weighted by molar-refractivity contribution is -0.135. The van der Waals surface area contributed by atoms with Gasteiger partial charge in [-0.3, -0.25) is 14.5 Å². The second kappa shape index (κ2) is 10.6. The average Bonchev–Trinajstić information content (AvgIpc) is 3.28. The van der Waals surface area contributed by atoms with Gasteiger partial charge in [-0.2, -0.15) is 0 Å². The van der Waals surface area contributed by atoms with Crippen molar-refractivity contribution >= 4 is 11.8 Å². The molecule has 6 nitrogen and oxygen atoms in total. The number of rotatable bonds is 8. The molecule has 1 heterocycles. The lowest BCUT2D eigenvalue weighted by atomic mass is 9.95. The van der Waals surface area contributed by atoms with Crippen molar-refractivity contribution in [3.63, 3.8) is 0 Å². The molecule has 2 aliphatic rings. The molecule has 1 aliphatic carbocycles. The standard InChI is InChI=1S/C23H35N3O3/c1-3-21(27)25-14-16-26(17-15-25)22(19-9-4-5-10-19)23(28)24-13-12-18-8-6-7-11-20(18)29-2/h6-8,11,19,22H,3-5,9-10,12-17H2,1-2H3,(H,24,28). The van der Waals surface area contributed by atoms with Gasteiger partial charge in [0.2, 0.25) is 11.8 Å². The van der Waals surface area contributed by atoms with Crippen molar-refractivity contribution in [1.29, 1.82) is 0 Å². The Hall–Kier alpha value is -2.08. The number of ether oxygens (including phenoxy) is 1. The van der Waals surface area contributed by atoms with E-state index in [1.165, 1.54) is 12.8 Å². The zero-order valence-electron chi connectivity index (χ0n) is 17.9. The zero-order valence-corrected chi connectivity index (χ0v) is 17.9. The second-order valence-corrected chi connectivity index (χ2v) is 8.11. The third-order valence-electron chi connectivity index (χ3n) is 6.36. The Bertz CT molecular complexity index is 680. The van der Waals surface area contributed by atoms with Crippen molar-refractivity contribution in [1.82, 2.24) is 15.1 Å². The summed E-state index contributed by atoms with van der Waals surface area (Å²) in [7, 11) is 1.68. The van der Waals surface area contributed by atoms with E-state index in [-0.39, 0.29) is 17.9 Å². The molecule has 2 fully saturated rings. The number of hydrogen-bond donors (Lipinski definition) is 1. The van der Waals surface area contributed by atoms with Crippen LogP contribution in [0.3, 0.4) is 0 Å². The molecule has 160 valence electrons. The van der Waals surface area contributed by atoms with Crippen LogP contribution >= 0.6 is 0 Å². The summed E-state index contributed by atoms with van der Waals surface area (Å²) < 4.78 is 5.41. The molecule has 6 heteroatoms. The van der Waals surface area contributed by atoms with E-state index in [1.54, 1.807) is 7.11 Å². The smallest absolute Gasteiger partial charge is 0.237 e. The van der Waals surface area contributed by atoms with Gasteiger partial charge in [0.05, 0.1) is 13.2 Å². The summed E-state index contributed by atoms with van der Waals surface area (Å²) >= 11 is 0. The van der Waals surface area contributed by atoms with Gasteiger partial charge in [-0.05, 0) is 36.8 Å². The first-order chi connectivity index (χ1) is 14.1. The van der Waals surface area contributed by atoms with Crippen molar-refractivity contribution < 1.29 is 14.3 Å². The van der Waals surface area contributed by atoms with E-state index in [0.717, 1.165) is 56.8 Å². The fraction of sp³-hybridized carbons (Fsp3) is 0.652. The lowest BCUT2D eigenvalue weighted by Gasteiger charge is -2.40. The van der Waals surface area contributed by atoms with Gasteiger partial charge in [0.25, 0.3) is 0 Å². The van der Waals surface area contributed by atoms with Crippen molar-refractivity contribution in [3.05, 3.63) is 29.8 Å². The van der Waals surface area contributed by atoms with Crippen molar-refractivity contribution in [3.8, 4) is 5.75 Å². The molecular formula is C23H35N3O3. The Morgan fingerprint density at radius 2 is 1.83 bits per heavy atom. The molecule has 0 radical (unpaired) electrons. The molecule has 29 heavy (non-hydrogen) atoms. The van der Waals surface area contributed by atoms with E-state index in [4.69, 9.17) is 4.74 Å². The first-order valence-electron chi connectivity index (χ1n) is 11.1. The maximum Gasteiger partial charge on any atom is 0.237 e. The minimum atomic E-state index is -0.0750. The van der Waals surface area contributed by atoms with Crippen LogP contribution < -0.4 is 10.1 Å². The molecule has 0 spiro atoms. The Morgan fingerprint density at radius 1 is 1.14 bits per heavy atom. The molecular weight excluding hydrogens is 366 g/mol. The second-order valence-electron chi connectivity index (χ2n) is 8.11. The molecule has 1 saturated heterocycles. The van der Waals surface area contributed by atoms with Gasteiger partial charge in [-0.1, -0.05) is 38.0 Å². The zero-order chi connectivity index (χ0) is 20.6. The molecule has 1 aliphatic heterocycles. The van der Waals surface area contributed by atoms with Gasteiger partial charge in [0.15, 0.2) is 0 Å². The number of nitrogens with one attached hydrogen (secondary N) is 1. The summed E-state index contributed by atoms with van der Waals surface area (Å²) in [4.78, 5) is 29.4. The molecule has 3 rings (SSSR count). The lowest BCUT2D eigenvalue weighted by Crippen LogP contribution is -2.58. The van der Waals surface area contributed by atoms with E-state index >= 15 is 0 Å². The number of methoxy groups -OCH3 is 1. The van der Waals surface area contributed by atoms with Crippen LogP contribution in [0.5, 0.6) is 5.75 Å². The van der Waals surface area contributed by atoms with E-state index in [2.05, 4.69) is 10.2 Å². The van der Waals surface area contributed by atoms with Crippen LogP contribution in [-0.2, 0) is 16.0 Å². The Morgan fingerprint density at radius 3 is 2.48 bits per heavy atom. The van der Waals surface area contributed by atoms with Gasteiger partial charge in [0.1, 0.15) is 5.75 Å². The highest BCUT2D eigenvalue weighted by atomic mass is 16.5. The number of para-hydroxylation sites is 1. The third kappa shape index (κ3) is 5.50. The largest absolute Gasteiger partial charge is 0.496 e. The number of carbonyl (C=O) groups excluding carboxylic acids is 2. The molecule has 2 amide bonds. The molecule has 1 unspecified atom stereocenters. The van der Waals surface area contributed by atoms with Crippen LogP contribution in [-0.4, -0.2) is 67.5 Å². The summed E-state index contributed by atoms with van der Waals surface area (Å²) in [6.45, 7) is 5.54. The quantitative estimate of drug-likeness (QED) is 0.727. The SMILES string of the molecule is CCC(=O)N1CCN(C(C(=O)NCCc2ccccc2OC)C2CCCC2)CC1. The molecule has 1 aromatic carbocycles. The number of hydrogen-bond acceptors (Lipinski definition) is 4. The van der Waals surface area contributed by atoms with Crippen molar-refractivity contribution in [2.45, 2.75) is 51.5 Å². The van der Waals surface area contributed by atoms with Crippen LogP contribution in [0.15, 0.2) is 24.3 Å². The monoisotopic (exact) mass is 401 g/mol. The van der Waals surface area contributed by atoms with Crippen molar-refractivity contribution in [2.24, 2.45) is 5.92 Å². The van der Waals surface area contributed by atoms with Gasteiger partial charge in [-0.25, -0.2) is 0 Å². The third-order valence-corrected chi connectivity index (χ3v) is 6.36.